The van der Waals surface area contributed by atoms with Crippen LogP contribution in [0.25, 0.3) is 0 Å². The van der Waals surface area contributed by atoms with Crippen molar-refractivity contribution in [1.82, 2.24) is 0 Å². The maximum atomic E-state index is 13.3. The molecule has 0 aliphatic heterocycles. The summed E-state index contributed by atoms with van der Waals surface area (Å²) in [6, 6.07) is 6.31. The summed E-state index contributed by atoms with van der Waals surface area (Å²) in [4.78, 5) is 0. The first-order valence-corrected chi connectivity index (χ1v) is 6.79. The van der Waals surface area contributed by atoms with Crippen LogP contribution < -0.4 is 5.73 Å². The molecule has 4 unspecified atom stereocenters. The molecule has 0 spiro atoms. The van der Waals surface area contributed by atoms with Gasteiger partial charge in [-0.3, -0.25) is 0 Å². The van der Waals surface area contributed by atoms with Crippen LogP contribution in [0, 0.1) is 23.1 Å². The van der Waals surface area contributed by atoms with Crippen molar-refractivity contribution in [3.63, 3.8) is 0 Å². The second kappa shape index (κ2) is 4.32. The highest BCUT2D eigenvalue weighted by molar-refractivity contribution is 5.23. The van der Waals surface area contributed by atoms with Crippen LogP contribution in [0.15, 0.2) is 24.3 Å². The lowest BCUT2D eigenvalue weighted by atomic mass is 9.67. The number of nitrogens with two attached hydrogens (primary N) is 1. The summed E-state index contributed by atoms with van der Waals surface area (Å²) >= 11 is 0. The molecule has 0 amide bonds. The largest absolute Gasteiger partial charge is 0.388 e. The van der Waals surface area contributed by atoms with Gasteiger partial charge in [-0.1, -0.05) is 18.6 Å². The fourth-order valence-electron chi connectivity index (χ4n) is 4.19. The van der Waals surface area contributed by atoms with E-state index in [1.807, 2.05) is 0 Å². The molecule has 1 aromatic carbocycles. The molecule has 3 heteroatoms. The SMILES string of the molecule is NCC1(C(O)c2cccc(F)c2)CC2CCC1C2. The molecule has 2 nitrogen and oxygen atoms in total. The Bertz CT molecular complexity index is 450. The summed E-state index contributed by atoms with van der Waals surface area (Å²) < 4.78 is 13.3. The Morgan fingerprint density at radius 2 is 2.28 bits per heavy atom. The van der Waals surface area contributed by atoms with Crippen LogP contribution in [0.3, 0.4) is 0 Å². The van der Waals surface area contributed by atoms with Crippen molar-refractivity contribution in [1.29, 1.82) is 0 Å². The maximum Gasteiger partial charge on any atom is 0.123 e. The number of hydrogen-bond acceptors (Lipinski definition) is 2. The molecule has 0 saturated heterocycles. The average Bonchev–Trinajstić information content (AvgIpc) is 2.98. The van der Waals surface area contributed by atoms with Crippen molar-refractivity contribution in [3.8, 4) is 0 Å². The molecular formula is C15H20FNO. The standard InChI is InChI=1S/C15H20FNO/c16-13-3-1-2-11(7-13)14(18)15(9-17)8-10-4-5-12(15)6-10/h1-3,7,10,12,14,18H,4-6,8-9,17H2. The highest BCUT2D eigenvalue weighted by Gasteiger charge is 2.54. The van der Waals surface area contributed by atoms with Crippen LogP contribution >= 0.6 is 0 Å². The fourth-order valence-corrected chi connectivity index (χ4v) is 4.19. The highest BCUT2D eigenvalue weighted by Crippen LogP contribution is 2.60. The van der Waals surface area contributed by atoms with Gasteiger partial charge in [0.1, 0.15) is 5.82 Å². The van der Waals surface area contributed by atoms with Gasteiger partial charge >= 0.3 is 0 Å². The van der Waals surface area contributed by atoms with Crippen LogP contribution in [-0.2, 0) is 0 Å². The molecule has 18 heavy (non-hydrogen) atoms. The van der Waals surface area contributed by atoms with Gasteiger partial charge in [0, 0.05) is 12.0 Å². The third-order valence-corrected chi connectivity index (χ3v) is 5.11. The second-order valence-electron chi connectivity index (χ2n) is 5.97. The van der Waals surface area contributed by atoms with Gasteiger partial charge in [-0.15, -0.1) is 0 Å². The normalized spacial score (nSPS) is 35.9. The van der Waals surface area contributed by atoms with Crippen LogP contribution in [0.5, 0.6) is 0 Å². The Morgan fingerprint density at radius 3 is 2.83 bits per heavy atom. The third-order valence-electron chi connectivity index (χ3n) is 5.11. The van der Waals surface area contributed by atoms with E-state index >= 15 is 0 Å². The van der Waals surface area contributed by atoms with E-state index in [4.69, 9.17) is 5.73 Å². The molecule has 2 fully saturated rings. The minimum atomic E-state index is -0.631. The molecule has 2 saturated carbocycles. The zero-order valence-corrected chi connectivity index (χ0v) is 10.5. The van der Waals surface area contributed by atoms with Crippen LogP contribution in [0.4, 0.5) is 4.39 Å². The van der Waals surface area contributed by atoms with Crippen LogP contribution in [0.2, 0.25) is 0 Å². The predicted octanol–water partition coefficient (Wildman–Crippen LogP) is 2.62. The summed E-state index contributed by atoms with van der Waals surface area (Å²) in [7, 11) is 0. The lowest BCUT2D eigenvalue weighted by molar-refractivity contribution is -0.0132. The Morgan fingerprint density at radius 1 is 1.44 bits per heavy atom. The summed E-state index contributed by atoms with van der Waals surface area (Å²) in [5, 5.41) is 10.7. The molecule has 98 valence electrons. The number of benzene rings is 1. The van der Waals surface area contributed by atoms with Gasteiger partial charge in [0.15, 0.2) is 0 Å². The van der Waals surface area contributed by atoms with E-state index in [2.05, 4.69) is 0 Å². The first kappa shape index (κ1) is 12.1. The van der Waals surface area contributed by atoms with Crippen LogP contribution in [0.1, 0.15) is 37.4 Å². The van der Waals surface area contributed by atoms with Gasteiger partial charge in [-0.05, 0) is 48.8 Å². The Hall–Kier alpha value is -0.930. The first-order valence-electron chi connectivity index (χ1n) is 6.79. The third kappa shape index (κ3) is 1.69. The maximum absolute atomic E-state index is 13.3. The van der Waals surface area contributed by atoms with Crippen molar-refractivity contribution in [2.24, 2.45) is 23.0 Å². The molecule has 0 radical (unpaired) electrons. The molecule has 1 aromatic rings. The number of hydrogen-bond donors (Lipinski definition) is 2. The molecule has 2 bridgehead atoms. The molecule has 2 aliphatic rings. The Kier molecular flexibility index (Phi) is 2.91. The molecule has 0 heterocycles. The van der Waals surface area contributed by atoms with E-state index in [-0.39, 0.29) is 11.2 Å². The molecule has 2 aliphatic carbocycles. The quantitative estimate of drug-likeness (QED) is 0.865. The highest BCUT2D eigenvalue weighted by atomic mass is 19.1. The van der Waals surface area contributed by atoms with Gasteiger partial charge in [0.05, 0.1) is 6.10 Å². The van der Waals surface area contributed by atoms with Gasteiger partial charge in [0.2, 0.25) is 0 Å². The molecule has 0 aromatic heterocycles. The Labute approximate surface area is 107 Å². The number of halogens is 1. The van der Waals surface area contributed by atoms with Gasteiger partial charge < -0.3 is 10.8 Å². The number of fused-ring (bicyclic) bond motifs is 2. The zero-order chi connectivity index (χ0) is 12.8. The van der Waals surface area contributed by atoms with Gasteiger partial charge in [-0.2, -0.15) is 0 Å². The van der Waals surface area contributed by atoms with E-state index < -0.39 is 6.10 Å². The lowest BCUT2D eigenvalue weighted by Gasteiger charge is -2.41. The number of aliphatic hydroxyl groups is 1. The minimum absolute atomic E-state index is 0.225. The summed E-state index contributed by atoms with van der Waals surface area (Å²) in [6.07, 6.45) is 3.97. The predicted molar refractivity (Wildman–Crippen MR) is 68.3 cm³/mol. The summed E-state index contributed by atoms with van der Waals surface area (Å²) in [6.45, 7) is 0.492. The van der Waals surface area contributed by atoms with Crippen LogP contribution in [-0.4, -0.2) is 11.7 Å². The van der Waals surface area contributed by atoms with Crippen molar-refractivity contribution in [2.45, 2.75) is 31.8 Å². The van der Waals surface area contributed by atoms with E-state index in [1.54, 1.807) is 12.1 Å². The fraction of sp³-hybridized carbons (Fsp3) is 0.600. The van der Waals surface area contributed by atoms with Gasteiger partial charge in [-0.25, -0.2) is 4.39 Å². The number of rotatable bonds is 3. The van der Waals surface area contributed by atoms with Gasteiger partial charge in [0.25, 0.3) is 0 Å². The minimum Gasteiger partial charge on any atom is -0.388 e. The van der Waals surface area contributed by atoms with Crippen molar-refractivity contribution >= 4 is 0 Å². The van der Waals surface area contributed by atoms with E-state index in [0.717, 1.165) is 12.8 Å². The lowest BCUT2D eigenvalue weighted by Crippen LogP contribution is -2.41. The molecule has 3 rings (SSSR count). The first-order chi connectivity index (χ1) is 8.65. The summed E-state index contributed by atoms with van der Waals surface area (Å²) in [5.74, 6) is 0.925. The van der Waals surface area contributed by atoms with Crippen molar-refractivity contribution in [2.75, 3.05) is 6.54 Å². The number of aliphatic hydroxyl groups excluding tert-OH is 1. The molecule has 3 N–H and O–H groups in total. The zero-order valence-electron chi connectivity index (χ0n) is 10.5. The van der Waals surface area contributed by atoms with E-state index in [0.29, 0.717) is 23.9 Å². The second-order valence-corrected chi connectivity index (χ2v) is 5.97. The van der Waals surface area contributed by atoms with Crippen molar-refractivity contribution < 1.29 is 9.50 Å². The molecule has 4 atom stereocenters. The van der Waals surface area contributed by atoms with E-state index in [1.165, 1.54) is 25.0 Å². The van der Waals surface area contributed by atoms with E-state index in [9.17, 15) is 9.50 Å². The molecular weight excluding hydrogens is 229 g/mol. The van der Waals surface area contributed by atoms with Crippen molar-refractivity contribution in [3.05, 3.63) is 35.6 Å². The summed E-state index contributed by atoms with van der Waals surface area (Å²) in [5.41, 5.74) is 6.43. The topological polar surface area (TPSA) is 46.2 Å². The Balaban J connectivity index is 1.93. The average molecular weight is 249 g/mol. The smallest absolute Gasteiger partial charge is 0.123 e. The monoisotopic (exact) mass is 249 g/mol.